The Labute approximate surface area is 107 Å². The summed E-state index contributed by atoms with van der Waals surface area (Å²) in [5, 5.41) is 9.51. The van der Waals surface area contributed by atoms with Crippen molar-refractivity contribution in [3.8, 4) is 5.75 Å². The molecule has 1 aromatic rings. The predicted octanol–water partition coefficient (Wildman–Crippen LogP) is 1.74. The molecule has 4 heteroatoms. The van der Waals surface area contributed by atoms with Gasteiger partial charge in [0.1, 0.15) is 5.75 Å². The maximum Gasteiger partial charge on any atom is 0.314 e. The van der Waals surface area contributed by atoms with Gasteiger partial charge in [-0.15, -0.1) is 0 Å². The fraction of sp³-hybridized carbons (Fsp3) is 0.500. The van der Waals surface area contributed by atoms with Crippen molar-refractivity contribution < 1.29 is 14.6 Å². The fourth-order valence-electron chi connectivity index (χ4n) is 2.42. The van der Waals surface area contributed by atoms with Crippen molar-refractivity contribution in [2.45, 2.75) is 18.8 Å². The van der Waals surface area contributed by atoms with Crippen LogP contribution in [0.3, 0.4) is 0 Å². The van der Waals surface area contributed by atoms with Crippen LogP contribution in [0, 0.1) is 0 Å². The Balaban J connectivity index is 2.16. The van der Waals surface area contributed by atoms with Crippen LogP contribution in [-0.4, -0.2) is 42.7 Å². The Morgan fingerprint density at radius 2 is 2.17 bits per heavy atom. The molecule has 1 atom stereocenters. The number of benzene rings is 1. The zero-order chi connectivity index (χ0) is 13.0. The van der Waals surface area contributed by atoms with E-state index in [9.17, 15) is 9.90 Å². The Morgan fingerprint density at radius 1 is 1.44 bits per heavy atom. The molecule has 4 nitrogen and oxygen atoms in total. The van der Waals surface area contributed by atoms with Gasteiger partial charge in [-0.3, -0.25) is 4.79 Å². The van der Waals surface area contributed by atoms with Crippen LogP contribution in [0.1, 0.15) is 24.3 Å². The molecule has 1 fully saturated rings. The summed E-state index contributed by atoms with van der Waals surface area (Å²) in [5.74, 6) is -0.379. The average molecular weight is 249 g/mol. The number of phenols is 1. The van der Waals surface area contributed by atoms with Crippen LogP contribution in [0.5, 0.6) is 5.75 Å². The van der Waals surface area contributed by atoms with Crippen LogP contribution in [-0.2, 0) is 9.53 Å². The molecular formula is C14H19NO3. The molecule has 0 saturated carbocycles. The van der Waals surface area contributed by atoms with Gasteiger partial charge >= 0.3 is 5.97 Å². The number of aromatic hydroxyl groups is 1. The third-order valence-electron chi connectivity index (χ3n) is 3.40. The Morgan fingerprint density at radius 3 is 2.78 bits per heavy atom. The van der Waals surface area contributed by atoms with Gasteiger partial charge in [0.2, 0.25) is 0 Å². The van der Waals surface area contributed by atoms with Crippen molar-refractivity contribution in [3.05, 3.63) is 29.8 Å². The van der Waals surface area contributed by atoms with Gasteiger partial charge in [0, 0.05) is 6.54 Å². The molecule has 1 N–H and O–H groups in total. The molecule has 1 aliphatic heterocycles. The molecule has 0 spiro atoms. The molecule has 1 saturated heterocycles. The summed E-state index contributed by atoms with van der Waals surface area (Å²) in [6.45, 7) is 2.73. The number of rotatable bonds is 4. The van der Waals surface area contributed by atoms with Crippen molar-refractivity contribution in [1.82, 2.24) is 4.90 Å². The second kappa shape index (κ2) is 5.87. The summed E-state index contributed by atoms with van der Waals surface area (Å²) in [4.78, 5) is 14.2. The van der Waals surface area contributed by atoms with Crippen LogP contribution in [0.2, 0.25) is 0 Å². The van der Waals surface area contributed by atoms with Gasteiger partial charge in [0.05, 0.1) is 13.0 Å². The minimum Gasteiger partial charge on any atom is -0.508 e. The van der Waals surface area contributed by atoms with E-state index in [1.54, 1.807) is 18.2 Å². The SMILES string of the molecule is COC(=O)C(CN1CCCC1)c1cccc(O)c1. The van der Waals surface area contributed by atoms with E-state index in [1.807, 2.05) is 6.07 Å². The lowest BCUT2D eigenvalue weighted by Gasteiger charge is -2.22. The van der Waals surface area contributed by atoms with E-state index >= 15 is 0 Å². The summed E-state index contributed by atoms with van der Waals surface area (Å²) in [5.41, 5.74) is 0.814. The predicted molar refractivity (Wildman–Crippen MR) is 68.5 cm³/mol. The minimum atomic E-state index is -0.319. The number of methoxy groups -OCH3 is 1. The maximum atomic E-state index is 11.9. The van der Waals surface area contributed by atoms with Crippen LogP contribution >= 0.6 is 0 Å². The van der Waals surface area contributed by atoms with Crippen molar-refractivity contribution in [2.75, 3.05) is 26.7 Å². The molecule has 0 aliphatic carbocycles. The van der Waals surface area contributed by atoms with E-state index in [2.05, 4.69) is 4.90 Å². The van der Waals surface area contributed by atoms with E-state index in [0.29, 0.717) is 6.54 Å². The van der Waals surface area contributed by atoms with Gasteiger partial charge < -0.3 is 14.7 Å². The highest BCUT2D eigenvalue weighted by atomic mass is 16.5. The number of carbonyl (C=O) groups is 1. The zero-order valence-electron chi connectivity index (χ0n) is 10.6. The van der Waals surface area contributed by atoms with Crippen molar-refractivity contribution in [3.63, 3.8) is 0 Å². The van der Waals surface area contributed by atoms with Crippen LogP contribution in [0.4, 0.5) is 0 Å². The normalized spacial score (nSPS) is 17.6. The van der Waals surface area contributed by atoms with E-state index in [1.165, 1.54) is 20.0 Å². The number of esters is 1. The van der Waals surface area contributed by atoms with E-state index in [4.69, 9.17) is 4.74 Å². The highest BCUT2D eigenvalue weighted by Gasteiger charge is 2.25. The number of ether oxygens (including phenoxy) is 1. The summed E-state index contributed by atoms with van der Waals surface area (Å²) in [6, 6.07) is 6.85. The van der Waals surface area contributed by atoms with Gasteiger partial charge in [-0.05, 0) is 43.6 Å². The summed E-state index contributed by atoms with van der Waals surface area (Å²) in [7, 11) is 1.40. The third-order valence-corrected chi connectivity index (χ3v) is 3.40. The second-order valence-corrected chi connectivity index (χ2v) is 4.68. The topological polar surface area (TPSA) is 49.8 Å². The summed E-state index contributed by atoms with van der Waals surface area (Å²) >= 11 is 0. The molecule has 1 aromatic carbocycles. The second-order valence-electron chi connectivity index (χ2n) is 4.68. The van der Waals surface area contributed by atoms with Gasteiger partial charge in [-0.2, -0.15) is 0 Å². The van der Waals surface area contributed by atoms with Gasteiger partial charge in [0.25, 0.3) is 0 Å². The Bertz CT molecular complexity index is 413. The smallest absolute Gasteiger partial charge is 0.314 e. The number of hydrogen-bond acceptors (Lipinski definition) is 4. The van der Waals surface area contributed by atoms with Gasteiger partial charge in [-0.1, -0.05) is 12.1 Å². The largest absolute Gasteiger partial charge is 0.508 e. The monoisotopic (exact) mass is 249 g/mol. The summed E-state index contributed by atoms with van der Waals surface area (Å²) in [6.07, 6.45) is 2.38. The average Bonchev–Trinajstić information content (AvgIpc) is 2.88. The molecule has 2 rings (SSSR count). The number of likely N-dealkylation sites (tertiary alicyclic amines) is 1. The maximum absolute atomic E-state index is 11.9. The van der Waals surface area contributed by atoms with Crippen LogP contribution in [0.25, 0.3) is 0 Å². The first-order valence-corrected chi connectivity index (χ1v) is 6.30. The third kappa shape index (κ3) is 3.01. The molecule has 1 aliphatic rings. The Hall–Kier alpha value is -1.55. The molecule has 0 aromatic heterocycles. The standard InChI is InChI=1S/C14H19NO3/c1-18-14(17)13(10-15-7-2-3-8-15)11-5-4-6-12(16)9-11/h4-6,9,13,16H,2-3,7-8,10H2,1H3. The molecule has 0 amide bonds. The highest BCUT2D eigenvalue weighted by Crippen LogP contribution is 2.24. The quantitative estimate of drug-likeness (QED) is 0.826. The fourth-order valence-corrected chi connectivity index (χ4v) is 2.42. The molecule has 0 radical (unpaired) electrons. The van der Waals surface area contributed by atoms with E-state index < -0.39 is 0 Å². The van der Waals surface area contributed by atoms with Gasteiger partial charge in [0.15, 0.2) is 0 Å². The van der Waals surface area contributed by atoms with Crippen LogP contribution < -0.4 is 0 Å². The van der Waals surface area contributed by atoms with Crippen LogP contribution in [0.15, 0.2) is 24.3 Å². The lowest BCUT2D eigenvalue weighted by Crippen LogP contribution is -2.30. The number of carbonyl (C=O) groups excluding carboxylic acids is 1. The number of nitrogens with zero attached hydrogens (tertiary/aromatic N) is 1. The first kappa shape index (κ1) is 12.9. The number of hydrogen-bond donors (Lipinski definition) is 1. The van der Waals surface area contributed by atoms with Crippen molar-refractivity contribution >= 4 is 5.97 Å². The van der Waals surface area contributed by atoms with Gasteiger partial charge in [-0.25, -0.2) is 0 Å². The summed E-state index contributed by atoms with van der Waals surface area (Å²) < 4.78 is 4.87. The first-order chi connectivity index (χ1) is 8.70. The minimum absolute atomic E-state index is 0.183. The molecular weight excluding hydrogens is 230 g/mol. The van der Waals surface area contributed by atoms with E-state index in [0.717, 1.165) is 18.7 Å². The molecule has 18 heavy (non-hydrogen) atoms. The molecule has 98 valence electrons. The molecule has 0 bridgehead atoms. The Kier molecular flexibility index (Phi) is 4.20. The lowest BCUT2D eigenvalue weighted by molar-refractivity contribution is -0.142. The van der Waals surface area contributed by atoms with Crippen molar-refractivity contribution in [1.29, 1.82) is 0 Å². The van der Waals surface area contributed by atoms with E-state index in [-0.39, 0.29) is 17.6 Å². The van der Waals surface area contributed by atoms with Crippen molar-refractivity contribution in [2.24, 2.45) is 0 Å². The number of phenolic OH excluding ortho intramolecular Hbond substituents is 1. The molecule has 1 heterocycles. The molecule has 1 unspecified atom stereocenters. The highest BCUT2D eigenvalue weighted by molar-refractivity contribution is 5.78. The zero-order valence-corrected chi connectivity index (χ0v) is 10.6. The first-order valence-electron chi connectivity index (χ1n) is 6.30. The lowest BCUT2D eigenvalue weighted by atomic mass is 9.98.